The van der Waals surface area contributed by atoms with E-state index in [1.54, 1.807) is 35.8 Å². The maximum Gasteiger partial charge on any atom is 0.251 e. The highest BCUT2D eigenvalue weighted by Crippen LogP contribution is 2.44. The summed E-state index contributed by atoms with van der Waals surface area (Å²) in [5.74, 6) is -0.285. The number of amides is 2. The lowest BCUT2D eigenvalue weighted by atomic mass is 9.78. The smallest absolute Gasteiger partial charge is 0.251 e. The molecule has 0 bridgehead atoms. The van der Waals surface area contributed by atoms with Crippen molar-refractivity contribution >= 4 is 50.9 Å². The van der Waals surface area contributed by atoms with Crippen molar-refractivity contribution in [3.63, 3.8) is 0 Å². The van der Waals surface area contributed by atoms with Gasteiger partial charge >= 0.3 is 0 Å². The molecule has 0 spiro atoms. The highest BCUT2D eigenvalue weighted by atomic mass is 32.2. The van der Waals surface area contributed by atoms with E-state index >= 15 is 0 Å². The van der Waals surface area contributed by atoms with Crippen LogP contribution in [-0.4, -0.2) is 36.6 Å². The Morgan fingerprint density at radius 3 is 2.58 bits per heavy atom. The SMILES string of the molecule is CSc1ccc2c(c1)nc1c3c(cccc32)N(C)C(=O)C1(C)CNC(=O)c1ccc(C)cc1. The van der Waals surface area contributed by atoms with Crippen LogP contribution in [0.4, 0.5) is 5.69 Å². The van der Waals surface area contributed by atoms with Gasteiger partial charge in [-0.1, -0.05) is 35.9 Å². The normalized spacial score (nSPS) is 17.6. The van der Waals surface area contributed by atoms with Crippen LogP contribution in [0.3, 0.4) is 0 Å². The highest BCUT2D eigenvalue weighted by Gasteiger charge is 2.45. The number of fused-ring (bicyclic) bond motifs is 2. The number of carbonyl (C=O) groups is 2. The maximum atomic E-state index is 13.6. The van der Waals surface area contributed by atoms with Gasteiger partial charge in [0.05, 0.1) is 16.9 Å². The Kier molecular flexibility index (Phi) is 5.13. The monoisotopic (exact) mass is 455 g/mol. The third-order valence-electron chi connectivity index (χ3n) is 6.58. The van der Waals surface area contributed by atoms with Gasteiger partial charge in [0.15, 0.2) is 0 Å². The molecular formula is C27H25N3O2S. The van der Waals surface area contributed by atoms with Crippen LogP contribution in [0, 0.1) is 6.92 Å². The van der Waals surface area contributed by atoms with E-state index in [1.165, 1.54) is 0 Å². The molecular weight excluding hydrogens is 430 g/mol. The lowest BCUT2D eigenvalue weighted by Gasteiger charge is -2.38. The summed E-state index contributed by atoms with van der Waals surface area (Å²) in [7, 11) is 1.79. The minimum atomic E-state index is -0.995. The molecule has 3 aromatic carbocycles. The predicted molar refractivity (Wildman–Crippen MR) is 135 cm³/mol. The van der Waals surface area contributed by atoms with Gasteiger partial charge < -0.3 is 10.2 Å². The van der Waals surface area contributed by atoms with Crippen LogP contribution in [0.15, 0.2) is 65.6 Å². The number of pyridine rings is 1. The van der Waals surface area contributed by atoms with Crippen LogP contribution in [0.5, 0.6) is 0 Å². The molecule has 166 valence electrons. The van der Waals surface area contributed by atoms with E-state index in [4.69, 9.17) is 4.98 Å². The lowest BCUT2D eigenvalue weighted by molar-refractivity contribution is -0.123. The van der Waals surface area contributed by atoms with E-state index < -0.39 is 5.41 Å². The first-order valence-corrected chi connectivity index (χ1v) is 12.1. The molecule has 1 aliphatic rings. The third kappa shape index (κ3) is 3.37. The standard InChI is InChI=1S/C27H25N3O2S/c1-16-8-10-17(11-9-16)25(31)28-15-27(2)24-23-20(6-5-7-22(23)30(3)26(27)32)19-13-12-18(33-4)14-21(19)29-24/h5-14H,15H2,1-4H3,(H,28,31). The minimum Gasteiger partial charge on any atom is -0.351 e. The van der Waals surface area contributed by atoms with Crippen LogP contribution < -0.4 is 10.2 Å². The number of carbonyl (C=O) groups excluding carboxylic acids is 2. The zero-order valence-corrected chi connectivity index (χ0v) is 19.9. The van der Waals surface area contributed by atoms with E-state index in [1.807, 2.05) is 44.4 Å². The number of benzene rings is 3. The molecule has 0 aliphatic carbocycles. The van der Waals surface area contributed by atoms with Crippen LogP contribution in [0.1, 0.15) is 28.5 Å². The molecule has 1 atom stereocenters. The van der Waals surface area contributed by atoms with Crippen molar-refractivity contribution in [3.05, 3.63) is 77.5 Å². The number of aromatic nitrogens is 1. The molecule has 1 unspecified atom stereocenters. The van der Waals surface area contributed by atoms with Crippen molar-refractivity contribution in [3.8, 4) is 0 Å². The Hall–Kier alpha value is -3.38. The average molecular weight is 456 g/mol. The topological polar surface area (TPSA) is 62.3 Å². The molecule has 0 radical (unpaired) electrons. The third-order valence-corrected chi connectivity index (χ3v) is 7.31. The summed E-state index contributed by atoms with van der Waals surface area (Å²) < 4.78 is 0. The lowest BCUT2D eigenvalue weighted by Crippen LogP contribution is -2.53. The molecule has 33 heavy (non-hydrogen) atoms. The van der Waals surface area contributed by atoms with Gasteiger partial charge in [-0.05, 0) is 55.8 Å². The van der Waals surface area contributed by atoms with Crippen molar-refractivity contribution in [2.75, 3.05) is 24.7 Å². The number of aryl methyl sites for hydroxylation is 1. The zero-order valence-electron chi connectivity index (χ0n) is 19.1. The fraction of sp³-hybridized carbons (Fsp3) is 0.222. The molecule has 0 saturated carbocycles. The van der Waals surface area contributed by atoms with E-state index in [9.17, 15) is 9.59 Å². The Balaban J connectivity index is 1.65. The van der Waals surface area contributed by atoms with Crippen LogP contribution >= 0.6 is 11.8 Å². The summed E-state index contributed by atoms with van der Waals surface area (Å²) in [4.78, 5) is 34.3. The first-order chi connectivity index (χ1) is 15.8. The molecule has 5 rings (SSSR count). The van der Waals surface area contributed by atoms with Gasteiger partial charge in [-0.2, -0.15) is 0 Å². The number of nitrogens with one attached hydrogen (secondary N) is 1. The number of rotatable bonds is 4. The number of nitrogens with zero attached hydrogens (tertiary/aromatic N) is 2. The van der Waals surface area contributed by atoms with Crippen molar-refractivity contribution < 1.29 is 9.59 Å². The summed E-state index contributed by atoms with van der Waals surface area (Å²) >= 11 is 1.66. The fourth-order valence-corrected chi connectivity index (χ4v) is 5.07. The van der Waals surface area contributed by atoms with E-state index in [-0.39, 0.29) is 18.4 Å². The summed E-state index contributed by atoms with van der Waals surface area (Å²) in [6.45, 7) is 4.02. The Morgan fingerprint density at radius 1 is 1.09 bits per heavy atom. The molecule has 0 saturated heterocycles. The first-order valence-electron chi connectivity index (χ1n) is 10.9. The van der Waals surface area contributed by atoms with Gasteiger partial charge in [0.25, 0.3) is 5.91 Å². The van der Waals surface area contributed by atoms with E-state index in [2.05, 4.69) is 29.6 Å². The second-order valence-electron chi connectivity index (χ2n) is 8.79. The van der Waals surface area contributed by atoms with Crippen LogP contribution in [0.25, 0.3) is 21.7 Å². The second-order valence-corrected chi connectivity index (χ2v) is 9.67. The Bertz CT molecular complexity index is 1430. The molecule has 1 N–H and O–H groups in total. The quantitative estimate of drug-likeness (QED) is 0.344. The average Bonchev–Trinajstić information content (AvgIpc) is 2.84. The molecule has 2 amide bonds. The number of hydrogen-bond acceptors (Lipinski definition) is 4. The van der Waals surface area contributed by atoms with Crippen molar-refractivity contribution in [1.29, 1.82) is 0 Å². The maximum absolute atomic E-state index is 13.6. The van der Waals surface area contributed by atoms with E-state index in [0.717, 1.165) is 37.8 Å². The van der Waals surface area contributed by atoms with Crippen molar-refractivity contribution in [2.45, 2.75) is 24.2 Å². The van der Waals surface area contributed by atoms with Gasteiger partial charge in [0.2, 0.25) is 5.91 Å². The summed E-state index contributed by atoms with van der Waals surface area (Å²) in [6.07, 6.45) is 2.04. The molecule has 0 fully saturated rings. The number of likely N-dealkylation sites (N-methyl/N-ethyl adjacent to an activating group) is 1. The first kappa shape index (κ1) is 21.5. The number of anilines is 1. The number of thioether (sulfide) groups is 1. The van der Waals surface area contributed by atoms with Crippen LogP contribution in [0.2, 0.25) is 0 Å². The van der Waals surface area contributed by atoms with Crippen molar-refractivity contribution in [1.82, 2.24) is 10.3 Å². The van der Waals surface area contributed by atoms with E-state index in [0.29, 0.717) is 11.3 Å². The Morgan fingerprint density at radius 2 is 1.85 bits per heavy atom. The molecule has 6 heteroatoms. The van der Waals surface area contributed by atoms with Gasteiger partial charge in [-0.15, -0.1) is 11.8 Å². The van der Waals surface area contributed by atoms with Gasteiger partial charge in [0, 0.05) is 34.8 Å². The molecule has 1 aliphatic heterocycles. The second kappa shape index (κ2) is 7.89. The predicted octanol–water partition coefficient (Wildman–Crippen LogP) is 5.08. The van der Waals surface area contributed by atoms with Gasteiger partial charge in [-0.3, -0.25) is 14.6 Å². The highest BCUT2D eigenvalue weighted by molar-refractivity contribution is 7.98. The summed E-state index contributed by atoms with van der Waals surface area (Å²) in [5.41, 5.74) is 3.08. The summed E-state index contributed by atoms with van der Waals surface area (Å²) in [5, 5.41) is 6.08. The zero-order chi connectivity index (χ0) is 23.3. The van der Waals surface area contributed by atoms with Crippen molar-refractivity contribution in [2.24, 2.45) is 0 Å². The fourth-order valence-electron chi connectivity index (χ4n) is 4.63. The Labute approximate surface area is 197 Å². The molecule has 5 nitrogen and oxygen atoms in total. The summed E-state index contributed by atoms with van der Waals surface area (Å²) in [6, 6.07) is 19.7. The largest absolute Gasteiger partial charge is 0.351 e. The van der Waals surface area contributed by atoms with Gasteiger partial charge in [0.1, 0.15) is 5.41 Å². The molecule has 2 heterocycles. The molecule has 1 aromatic heterocycles. The van der Waals surface area contributed by atoms with Gasteiger partial charge in [-0.25, -0.2) is 0 Å². The van der Waals surface area contributed by atoms with Crippen LogP contribution in [-0.2, 0) is 10.2 Å². The minimum absolute atomic E-state index is 0.0837. The number of hydrogen-bond donors (Lipinski definition) is 1. The molecule has 4 aromatic rings.